The number of carboxylic acid groups (broad SMARTS) is 1. The molecule has 2 N–H and O–H groups in total. The first-order valence-corrected chi connectivity index (χ1v) is 4.81. The van der Waals surface area contributed by atoms with Gasteiger partial charge in [-0.15, -0.1) is 0 Å². The van der Waals surface area contributed by atoms with Gasteiger partial charge < -0.3 is 10.4 Å². The summed E-state index contributed by atoms with van der Waals surface area (Å²) in [6.45, 7) is 3.63. The number of allylic oxidation sites excluding steroid dienone is 1. The fourth-order valence-corrected chi connectivity index (χ4v) is 0.997. The Labute approximate surface area is 84.0 Å². The Balaban J connectivity index is 3.87. The number of carbonyl (C=O) groups is 2. The zero-order valence-corrected chi connectivity index (χ0v) is 8.67. The van der Waals surface area contributed by atoms with E-state index in [1.807, 2.05) is 6.92 Å². The first-order valence-electron chi connectivity index (χ1n) is 4.81. The number of nitrogens with one attached hydrogen (secondary N) is 1. The van der Waals surface area contributed by atoms with E-state index in [0.717, 1.165) is 19.3 Å². The molecule has 80 valence electrons. The summed E-state index contributed by atoms with van der Waals surface area (Å²) in [4.78, 5) is 21.7. The lowest BCUT2D eigenvalue weighted by molar-refractivity contribution is -0.134. The molecule has 14 heavy (non-hydrogen) atoms. The molecule has 0 atom stereocenters. The van der Waals surface area contributed by atoms with Crippen LogP contribution in [-0.2, 0) is 9.59 Å². The molecule has 0 fully saturated rings. The quantitative estimate of drug-likeness (QED) is 0.505. The first kappa shape index (κ1) is 12.7. The second kappa shape index (κ2) is 7.12. The number of aliphatic carboxylic acids is 1. The molecule has 0 spiro atoms. The summed E-state index contributed by atoms with van der Waals surface area (Å²) >= 11 is 0. The van der Waals surface area contributed by atoms with Crippen LogP contribution in [0, 0.1) is 0 Å². The number of rotatable bonds is 6. The zero-order chi connectivity index (χ0) is 11.0. The molecule has 0 radical (unpaired) electrons. The van der Waals surface area contributed by atoms with Gasteiger partial charge in [-0.05, 0) is 13.3 Å². The van der Waals surface area contributed by atoms with E-state index in [1.54, 1.807) is 6.92 Å². The molecular formula is C10H17NO3. The lowest BCUT2D eigenvalue weighted by Crippen LogP contribution is -2.26. The Kier molecular flexibility index (Phi) is 6.45. The van der Waals surface area contributed by atoms with Crippen LogP contribution in [0.2, 0.25) is 0 Å². The molecule has 0 aliphatic heterocycles. The van der Waals surface area contributed by atoms with Gasteiger partial charge in [0.15, 0.2) is 0 Å². The minimum Gasteiger partial charge on any atom is -0.477 e. The molecule has 0 saturated heterocycles. The predicted octanol–water partition coefficient (Wildman–Crippen LogP) is 1.67. The lowest BCUT2D eigenvalue weighted by atomic mass is 10.2. The number of unbranched alkanes of at least 4 members (excludes halogenated alkanes) is 2. The second-order valence-corrected chi connectivity index (χ2v) is 3.01. The van der Waals surface area contributed by atoms with E-state index < -0.39 is 5.97 Å². The third-order valence-electron chi connectivity index (χ3n) is 1.80. The van der Waals surface area contributed by atoms with Crippen molar-refractivity contribution in [2.24, 2.45) is 0 Å². The number of hydrogen-bond donors (Lipinski definition) is 2. The molecular weight excluding hydrogens is 182 g/mol. The van der Waals surface area contributed by atoms with Crippen molar-refractivity contribution in [3.8, 4) is 0 Å². The molecule has 0 aliphatic carbocycles. The topological polar surface area (TPSA) is 66.4 Å². The van der Waals surface area contributed by atoms with Gasteiger partial charge >= 0.3 is 5.97 Å². The summed E-state index contributed by atoms with van der Waals surface area (Å²) in [5.74, 6) is -1.33. The number of carboxylic acids is 1. The van der Waals surface area contributed by atoms with Gasteiger partial charge in [-0.2, -0.15) is 0 Å². The van der Waals surface area contributed by atoms with Gasteiger partial charge in [0.25, 0.3) is 0 Å². The Morgan fingerprint density at radius 3 is 2.43 bits per heavy atom. The van der Waals surface area contributed by atoms with Crippen molar-refractivity contribution in [2.75, 3.05) is 0 Å². The zero-order valence-electron chi connectivity index (χ0n) is 8.67. The average Bonchev–Trinajstić information content (AvgIpc) is 2.14. The van der Waals surface area contributed by atoms with Gasteiger partial charge in [0.2, 0.25) is 5.91 Å². The third-order valence-corrected chi connectivity index (χ3v) is 1.80. The van der Waals surface area contributed by atoms with Gasteiger partial charge in [0.1, 0.15) is 5.70 Å². The number of carbonyl (C=O) groups excluding carboxylic acids is 1. The van der Waals surface area contributed by atoms with Crippen molar-refractivity contribution in [2.45, 2.75) is 39.5 Å². The first-order chi connectivity index (χ1) is 6.61. The normalized spacial score (nSPS) is 11.1. The third kappa shape index (κ3) is 5.35. The largest absolute Gasteiger partial charge is 0.477 e. The van der Waals surface area contributed by atoms with E-state index in [-0.39, 0.29) is 11.6 Å². The molecule has 0 saturated carbocycles. The summed E-state index contributed by atoms with van der Waals surface area (Å²) in [5, 5.41) is 11.0. The molecule has 0 aliphatic rings. The maximum Gasteiger partial charge on any atom is 0.352 e. The highest BCUT2D eigenvalue weighted by Gasteiger charge is 2.09. The van der Waals surface area contributed by atoms with E-state index >= 15 is 0 Å². The molecule has 0 aromatic heterocycles. The SMILES string of the molecule is C/C=C(/NC(=O)CCCCC)C(=O)O. The molecule has 0 unspecified atom stereocenters. The second-order valence-electron chi connectivity index (χ2n) is 3.01. The molecule has 0 rings (SSSR count). The highest BCUT2D eigenvalue weighted by molar-refractivity contribution is 5.92. The van der Waals surface area contributed by atoms with E-state index in [2.05, 4.69) is 5.32 Å². The van der Waals surface area contributed by atoms with Gasteiger partial charge in [0.05, 0.1) is 0 Å². The van der Waals surface area contributed by atoms with E-state index in [9.17, 15) is 9.59 Å². The number of hydrogen-bond acceptors (Lipinski definition) is 2. The van der Waals surface area contributed by atoms with Crippen LogP contribution in [0.15, 0.2) is 11.8 Å². The van der Waals surface area contributed by atoms with Crippen LogP contribution in [0.5, 0.6) is 0 Å². The van der Waals surface area contributed by atoms with Gasteiger partial charge in [0, 0.05) is 6.42 Å². The highest BCUT2D eigenvalue weighted by atomic mass is 16.4. The summed E-state index contributed by atoms with van der Waals surface area (Å²) in [5.41, 5.74) is -0.0495. The minimum absolute atomic E-state index is 0.0495. The molecule has 0 bridgehead atoms. The van der Waals surface area contributed by atoms with Crippen molar-refractivity contribution in [1.82, 2.24) is 5.32 Å². The molecule has 0 aromatic carbocycles. The van der Waals surface area contributed by atoms with Crippen LogP contribution in [0.3, 0.4) is 0 Å². The van der Waals surface area contributed by atoms with Crippen molar-refractivity contribution < 1.29 is 14.7 Å². The summed E-state index contributed by atoms with van der Waals surface area (Å²) < 4.78 is 0. The van der Waals surface area contributed by atoms with Crippen LogP contribution in [0.25, 0.3) is 0 Å². The van der Waals surface area contributed by atoms with E-state index in [4.69, 9.17) is 5.11 Å². The summed E-state index contributed by atoms with van der Waals surface area (Å²) in [6.07, 6.45) is 4.60. The number of amides is 1. The van der Waals surface area contributed by atoms with Crippen LogP contribution in [0.1, 0.15) is 39.5 Å². The summed E-state index contributed by atoms with van der Waals surface area (Å²) in [7, 11) is 0. The van der Waals surface area contributed by atoms with Crippen molar-refractivity contribution in [1.29, 1.82) is 0 Å². The predicted molar refractivity (Wildman–Crippen MR) is 53.7 cm³/mol. The molecule has 0 aromatic rings. The highest BCUT2D eigenvalue weighted by Crippen LogP contribution is 1.99. The lowest BCUT2D eigenvalue weighted by Gasteiger charge is -2.04. The smallest absolute Gasteiger partial charge is 0.352 e. The Morgan fingerprint density at radius 1 is 1.36 bits per heavy atom. The van der Waals surface area contributed by atoms with Crippen molar-refractivity contribution >= 4 is 11.9 Å². The maximum atomic E-state index is 11.2. The van der Waals surface area contributed by atoms with Crippen LogP contribution < -0.4 is 5.32 Å². The Morgan fingerprint density at radius 2 is 2.00 bits per heavy atom. The molecule has 0 heterocycles. The molecule has 4 nitrogen and oxygen atoms in total. The molecule has 4 heteroatoms. The standard InChI is InChI=1S/C10H17NO3/c1-3-5-6-7-9(12)11-8(4-2)10(13)14/h4H,3,5-7H2,1-2H3,(H,11,12)(H,13,14)/b8-4+. The molecule has 1 amide bonds. The van der Waals surface area contributed by atoms with Crippen molar-refractivity contribution in [3.63, 3.8) is 0 Å². The minimum atomic E-state index is -1.10. The van der Waals surface area contributed by atoms with Crippen LogP contribution >= 0.6 is 0 Å². The average molecular weight is 199 g/mol. The van der Waals surface area contributed by atoms with Gasteiger partial charge in [-0.3, -0.25) is 4.79 Å². The maximum absolute atomic E-state index is 11.2. The Hall–Kier alpha value is -1.32. The fraction of sp³-hybridized carbons (Fsp3) is 0.600. The fourth-order valence-electron chi connectivity index (χ4n) is 0.997. The van der Waals surface area contributed by atoms with Gasteiger partial charge in [-0.1, -0.05) is 25.8 Å². The van der Waals surface area contributed by atoms with E-state index in [0.29, 0.717) is 6.42 Å². The monoisotopic (exact) mass is 199 g/mol. The van der Waals surface area contributed by atoms with Crippen LogP contribution in [0.4, 0.5) is 0 Å². The van der Waals surface area contributed by atoms with Gasteiger partial charge in [-0.25, -0.2) is 4.79 Å². The van der Waals surface area contributed by atoms with Crippen LogP contribution in [-0.4, -0.2) is 17.0 Å². The van der Waals surface area contributed by atoms with Crippen molar-refractivity contribution in [3.05, 3.63) is 11.8 Å². The van der Waals surface area contributed by atoms with E-state index in [1.165, 1.54) is 6.08 Å². The Bertz CT molecular complexity index is 234. The summed E-state index contributed by atoms with van der Waals surface area (Å²) in [6, 6.07) is 0.